The van der Waals surface area contributed by atoms with Crippen molar-refractivity contribution in [2.75, 3.05) is 19.6 Å². The molecule has 1 atom stereocenters. The Bertz CT molecular complexity index is 449. The Morgan fingerprint density at radius 2 is 1.35 bits per heavy atom. The first kappa shape index (κ1) is 24.3. The fraction of sp³-hybridized carbons (Fsp3) is 0.833. The Kier molecular flexibility index (Phi) is 9.80. The van der Waals surface area contributed by atoms with Gasteiger partial charge in [-0.15, -0.1) is 0 Å². The van der Waals surface area contributed by atoms with Crippen molar-refractivity contribution in [1.82, 2.24) is 4.90 Å². The summed E-state index contributed by atoms with van der Waals surface area (Å²) in [5.74, 6) is -2.29. The Balaban J connectivity index is 5.24. The molecule has 0 aromatic rings. The molecule has 0 rings (SSSR count). The fourth-order valence-corrected chi connectivity index (χ4v) is 2.30. The zero-order valence-corrected chi connectivity index (χ0v) is 16.8. The first-order chi connectivity index (χ1) is 11.7. The highest BCUT2D eigenvalue weighted by atomic mass is 16.6. The molecule has 0 spiro atoms. The van der Waals surface area contributed by atoms with Crippen LogP contribution in [0.1, 0.15) is 60.8 Å². The van der Waals surface area contributed by atoms with E-state index >= 15 is 0 Å². The van der Waals surface area contributed by atoms with Gasteiger partial charge in [-0.2, -0.15) is 0 Å². The number of unbranched alkanes of at least 4 members (excludes halogenated alkanes) is 1. The number of hydrogen-bond acceptors (Lipinski definition) is 7. The van der Waals surface area contributed by atoms with E-state index in [1.807, 2.05) is 0 Å². The molecule has 0 saturated carbocycles. The summed E-state index contributed by atoms with van der Waals surface area (Å²) in [6, 6.07) is -0.999. The van der Waals surface area contributed by atoms with E-state index in [0.29, 0.717) is 19.4 Å². The molecule has 0 fully saturated rings. The van der Waals surface area contributed by atoms with Crippen molar-refractivity contribution in [2.45, 2.75) is 78.0 Å². The molecule has 8 nitrogen and oxygen atoms in total. The van der Waals surface area contributed by atoms with Gasteiger partial charge in [0, 0.05) is 0 Å². The van der Waals surface area contributed by atoms with E-state index in [1.165, 1.54) is 4.90 Å². The predicted molar refractivity (Wildman–Crippen MR) is 97.6 cm³/mol. The van der Waals surface area contributed by atoms with Gasteiger partial charge in [-0.05, 0) is 60.9 Å². The van der Waals surface area contributed by atoms with Crippen LogP contribution in [0.15, 0.2) is 0 Å². The normalized spacial score (nSPS) is 13.4. The van der Waals surface area contributed by atoms with Gasteiger partial charge in [-0.3, -0.25) is 19.3 Å². The SMILES string of the molecule is CC(C)(C)OC(=O)CN(CC(=O)OC(C)(C)C)C(CCCCN)C(=O)O. The first-order valence-corrected chi connectivity index (χ1v) is 8.86. The number of esters is 2. The van der Waals surface area contributed by atoms with E-state index in [1.54, 1.807) is 41.5 Å². The van der Waals surface area contributed by atoms with Gasteiger partial charge in [0.15, 0.2) is 0 Å². The van der Waals surface area contributed by atoms with Crippen LogP contribution in [0.5, 0.6) is 0 Å². The van der Waals surface area contributed by atoms with E-state index in [4.69, 9.17) is 15.2 Å². The molecule has 0 amide bonds. The quantitative estimate of drug-likeness (QED) is 0.437. The highest BCUT2D eigenvalue weighted by Crippen LogP contribution is 2.14. The maximum absolute atomic E-state index is 12.2. The van der Waals surface area contributed by atoms with Crippen LogP contribution in [-0.2, 0) is 23.9 Å². The zero-order valence-electron chi connectivity index (χ0n) is 16.8. The summed E-state index contributed by atoms with van der Waals surface area (Å²) >= 11 is 0. The molecule has 152 valence electrons. The van der Waals surface area contributed by atoms with E-state index in [-0.39, 0.29) is 19.5 Å². The molecule has 0 bridgehead atoms. The van der Waals surface area contributed by atoms with Crippen LogP contribution < -0.4 is 5.73 Å². The third-order valence-electron chi connectivity index (χ3n) is 3.16. The summed E-state index contributed by atoms with van der Waals surface area (Å²) in [6.45, 7) is 10.2. The van der Waals surface area contributed by atoms with E-state index in [0.717, 1.165) is 0 Å². The summed E-state index contributed by atoms with van der Waals surface area (Å²) in [4.78, 5) is 37.3. The van der Waals surface area contributed by atoms with Crippen LogP contribution in [0.2, 0.25) is 0 Å². The third-order valence-corrected chi connectivity index (χ3v) is 3.16. The predicted octanol–water partition coefficient (Wildman–Crippen LogP) is 1.55. The molecule has 3 N–H and O–H groups in total. The van der Waals surface area contributed by atoms with Crippen molar-refractivity contribution < 1.29 is 29.0 Å². The Hall–Kier alpha value is -1.67. The van der Waals surface area contributed by atoms with Gasteiger partial charge in [0.1, 0.15) is 17.2 Å². The summed E-state index contributed by atoms with van der Waals surface area (Å²) < 4.78 is 10.5. The third kappa shape index (κ3) is 11.8. The average Bonchev–Trinajstić information content (AvgIpc) is 2.38. The van der Waals surface area contributed by atoms with Crippen molar-refractivity contribution >= 4 is 17.9 Å². The minimum atomic E-state index is -1.10. The van der Waals surface area contributed by atoms with Crippen molar-refractivity contribution in [3.8, 4) is 0 Å². The second kappa shape index (κ2) is 10.5. The van der Waals surface area contributed by atoms with Crippen molar-refractivity contribution in [1.29, 1.82) is 0 Å². The molecule has 0 aliphatic carbocycles. The Morgan fingerprint density at radius 3 is 1.65 bits per heavy atom. The molecule has 26 heavy (non-hydrogen) atoms. The molecule has 0 aliphatic heterocycles. The number of ether oxygens (including phenoxy) is 2. The van der Waals surface area contributed by atoms with Gasteiger partial charge in [-0.25, -0.2) is 0 Å². The van der Waals surface area contributed by atoms with Gasteiger partial charge in [0.05, 0.1) is 13.1 Å². The molecule has 8 heteroatoms. The standard InChI is InChI=1S/C18H34N2O6/c1-17(2,3)25-14(21)11-20(12-15(22)26-18(4,5)6)13(16(23)24)9-7-8-10-19/h13H,7-12,19H2,1-6H3,(H,23,24). The topological polar surface area (TPSA) is 119 Å². The van der Waals surface area contributed by atoms with Crippen molar-refractivity contribution in [2.24, 2.45) is 5.73 Å². The lowest BCUT2D eigenvalue weighted by Crippen LogP contribution is -2.48. The lowest BCUT2D eigenvalue weighted by molar-refractivity contribution is -0.162. The summed E-state index contributed by atoms with van der Waals surface area (Å²) in [7, 11) is 0. The number of carboxylic acid groups (broad SMARTS) is 1. The van der Waals surface area contributed by atoms with Crippen LogP contribution in [0.3, 0.4) is 0 Å². The van der Waals surface area contributed by atoms with Crippen LogP contribution in [0, 0.1) is 0 Å². The minimum absolute atomic E-state index is 0.276. The van der Waals surface area contributed by atoms with Crippen LogP contribution in [0.4, 0.5) is 0 Å². The van der Waals surface area contributed by atoms with Gasteiger partial charge in [0.2, 0.25) is 0 Å². The smallest absolute Gasteiger partial charge is 0.320 e. The number of carbonyl (C=O) groups excluding carboxylic acids is 2. The van der Waals surface area contributed by atoms with Crippen LogP contribution in [0.25, 0.3) is 0 Å². The number of nitrogens with two attached hydrogens (primary N) is 1. The van der Waals surface area contributed by atoms with Crippen LogP contribution >= 0.6 is 0 Å². The summed E-state index contributed by atoms with van der Waals surface area (Å²) in [6.07, 6.45) is 1.52. The number of aliphatic carboxylic acids is 1. The maximum atomic E-state index is 12.2. The average molecular weight is 374 g/mol. The van der Waals surface area contributed by atoms with Gasteiger partial charge in [-0.1, -0.05) is 6.42 Å². The van der Waals surface area contributed by atoms with E-state index in [9.17, 15) is 19.5 Å². The second-order valence-electron chi connectivity index (χ2n) is 8.22. The maximum Gasteiger partial charge on any atom is 0.320 e. The second-order valence-corrected chi connectivity index (χ2v) is 8.22. The summed E-state index contributed by atoms with van der Waals surface area (Å²) in [5, 5.41) is 9.56. The number of rotatable bonds is 10. The molecule has 0 radical (unpaired) electrons. The lowest BCUT2D eigenvalue weighted by Gasteiger charge is -2.30. The highest BCUT2D eigenvalue weighted by molar-refractivity contribution is 5.79. The molecular weight excluding hydrogens is 340 g/mol. The molecule has 0 saturated heterocycles. The van der Waals surface area contributed by atoms with E-state index < -0.39 is 35.2 Å². The fourth-order valence-electron chi connectivity index (χ4n) is 2.30. The lowest BCUT2D eigenvalue weighted by atomic mass is 10.1. The number of carboxylic acids is 1. The number of carbonyl (C=O) groups is 3. The van der Waals surface area contributed by atoms with Crippen LogP contribution in [-0.4, -0.2) is 64.8 Å². The molecule has 0 aromatic heterocycles. The summed E-state index contributed by atoms with van der Waals surface area (Å²) in [5.41, 5.74) is 4.06. The largest absolute Gasteiger partial charge is 0.480 e. The van der Waals surface area contributed by atoms with Crippen molar-refractivity contribution in [3.05, 3.63) is 0 Å². The molecule has 0 aliphatic rings. The first-order valence-electron chi connectivity index (χ1n) is 8.86. The highest BCUT2D eigenvalue weighted by Gasteiger charge is 2.31. The van der Waals surface area contributed by atoms with Gasteiger partial charge in [0.25, 0.3) is 0 Å². The Labute approximate surface area is 156 Å². The van der Waals surface area contributed by atoms with E-state index in [2.05, 4.69) is 0 Å². The van der Waals surface area contributed by atoms with Gasteiger partial charge >= 0.3 is 17.9 Å². The van der Waals surface area contributed by atoms with Crippen molar-refractivity contribution in [3.63, 3.8) is 0 Å². The Morgan fingerprint density at radius 1 is 0.923 bits per heavy atom. The molecule has 0 heterocycles. The number of hydrogen-bond donors (Lipinski definition) is 2. The molecule has 1 unspecified atom stereocenters. The zero-order chi connectivity index (χ0) is 20.5. The van der Waals surface area contributed by atoms with Gasteiger partial charge < -0.3 is 20.3 Å². The molecular formula is C18H34N2O6. The minimum Gasteiger partial charge on any atom is -0.480 e. The monoisotopic (exact) mass is 374 g/mol. The molecule has 0 aromatic carbocycles. The number of nitrogens with zero attached hydrogens (tertiary/aromatic N) is 1.